The van der Waals surface area contributed by atoms with Gasteiger partial charge in [0.2, 0.25) is 0 Å². The first kappa shape index (κ1) is 13.6. The van der Waals surface area contributed by atoms with Crippen LogP contribution >= 0.6 is 15.9 Å². The molecule has 1 aromatic carbocycles. The molecule has 0 N–H and O–H groups in total. The van der Waals surface area contributed by atoms with E-state index in [2.05, 4.69) is 15.9 Å². The minimum absolute atomic E-state index is 0.133. The number of hydrogen-bond acceptors (Lipinski definition) is 3. The first-order valence-electron chi connectivity index (χ1n) is 6.05. The van der Waals surface area contributed by atoms with Crippen LogP contribution in [0.4, 0.5) is 0 Å². The van der Waals surface area contributed by atoms with Gasteiger partial charge in [0.25, 0.3) is 0 Å². The smallest absolute Gasteiger partial charge is 0.168 e. The largest absolute Gasteiger partial charge is 0.497 e. The number of carbonyl (C=O) groups excluding carboxylic acids is 1. The van der Waals surface area contributed by atoms with E-state index in [-0.39, 0.29) is 5.78 Å². The van der Waals surface area contributed by atoms with Crippen LogP contribution in [-0.4, -0.2) is 25.1 Å². The van der Waals surface area contributed by atoms with Crippen LogP contribution in [0.1, 0.15) is 25.3 Å². The third-order valence-electron chi connectivity index (χ3n) is 3.41. The molecule has 0 aromatic heterocycles. The van der Waals surface area contributed by atoms with E-state index < -0.39 is 5.60 Å². The van der Waals surface area contributed by atoms with Crippen LogP contribution in [0.3, 0.4) is 0 Å². The molecule has 2 rings (SSSR count). The number of benzene rings is 1. The van der Waals surface area contributed by atoms with Crippen LogP contribution in [0, 0.1) is 0 Å². The number of methoxy groups -OCH3 is 1. The third-order valence-corrected chi connectivity index (χ3v) is 4.19. The number of ether oxygens (including phenoxy) is 2. The molecule has 1 aliphatic rings. The van der Waals surface area contributed by atoms with Crippen molar-refractivity contribution in [1.29, 1.82) is 0 Å². The van der Waals surface area contributed by atoms with Crippen LogP contribution in [0.15, 0.2) is 22.7 Å². The Labute approximate surface area is 116 Å². The SMILES string of the molecule is COc1ccc(Br)c(CC(=O)C2(C)CCCO2)c1. The molecule has 1 fully saturated rings. The highest BCUT2D eigenvalue weighted by Gasteiger charge is 2.37. The van der Waals surface area contributed by atoms with Gasteiger partial charge in [-0.3, -0.25) is 4.79 Å². The molecule has 98 valence electrons. The monoisotopic (exact) mass is 312 g/mol. The van der Waals surface area contributed by atoms with Crippen LogP contribution < -0.4 is 4.74 Å². The fourth-order valence-electron chi connectivity index (χ4n) is 2.17. The minimum atomic E-state index is -0.609. The molecule has 0 saturated carbocycles. The lowest BCUT2D eigenvalue weighted by Crippen LogP contribution is -2.35. The molecule has 0 bridgehead atoms. The van der Waals surface area contributed by atoms with Gasteiger partial charge in [0.05, 0.1) is 7.11 Å². The van der Waals surface area contributed by atoms with Crippen molar-refractivity contribution >= 4 is 21.7 Å². The Morgan fingerprint density at radius 3 is 2.94 bits per heavy atom. The summed E-state index contributed by atoms with van der Waals surface area (Å²) in [5.41, 5.74) is 0.332. The zero-order valence-corrected chi connectivity index (χ0v) is 12.2. The molecule has 0 amide bonds. The first-order chi connectivity index (χ1) is 8.55. The van der Waals surface area contributed by atoms with Gasteiger partial charge in [-0.1, -0.05) is 15.9 Å². The molecule has 1 aliphatic heterocycles. The molecule has 1 aromatic rings. The Hall–Kier alpha value is -0.870. The highest BCUT2D eigenvalue weighted by molar-refractivity contribution is 9.10. The van der Waals surface area contributed by atoms with E-state index in [1.54, 1.807) is 7.11 Å². The van der Waals surface area contributed by atoms with Crippen molar-refractivity contribution in [2.45, 2.75) is 31.8 Å². The quantitative estimate of drug-likeness (QED) is 0.857. The summed E-state index contributed by atoms with van der Waals surface area (Å²) in [6.07, 6.45) is 2.14. The Morgan fingerprint density at radius 2 is 2.33 bits per heavy atom. The zero-order valence-electron chi connectivity index (χ0n) is 10.7. The third kappa shape index (κ3) is 2.75. The van der Waals surface area contributed by atoms with Crippen LogP contribution in [-0.2, 0) is 16.0 Å². The number of halogens is 1. The molecule has 1 heterocycles. The molecule has 0 radical (unpaired) electrons. The molecule has 1 atom stereocenters. The van der Waals surface area contributed by atoms with E-state index in [0.717, 1.165) is 28.6 Å². The second-order valence-electron chi connectivity index (χ2n) is 4.74. The molecular weight excluding hydrogens is 296 g/mol. The summed E-state index contributed by atoms with van der Waals surface area (Å²) in [4.78, 5) is 12.3. The molecule has 3 nitrogen and oxygen atoms in total. The average Bonchev–Trinajstić information content (AvgIpc) is 2.80. The van der Waals surface area contributed by atoms with Crippen molar-refractivity contribution in [3.63, 3.8) is 0 Å². The lowest BCUT2D eigenvalue weighted by atomic mass is 9.92. The Balaban J connectivity index is 2.16. The summed E-state index contributed by atoms with van der Waals surface area (Å²) in [6, 6.07) is 5.66. The molecular formula is C14H17BrO3. The van der Waals surface area contributed by atoms with Crippen molar-refractivity contribution in [3.8, 4) is 5.75 Å². The van der Waals surface area contributed by atoms with E-state index >= 15 is 0 Å². The number of Topliss-reactive ketones (excluding diaryl/α,β-unsaturated/α-hetero) is 1. The number of ketones is 1. The van der Waals surface area contributed by atoms with Gasteiger partial charge in [-0.25, -0.2) is 0 Å². The standard InChI is InChI=1S/C14H17BrO3/c1-14(6-3-7-18-14)13(16)9-10-8-11(17-2)4-5-12(10)15/h4-5,8H,3,6-7,9H2,1-2H3. The Morgan fingerprint density at radius 1 is 1.56 bits per heavy atom. The van der Waals surface area contributed by atoms with Gasteiger partial charge in [0, 0.05) is 17.5 Å². The maximum Gasteiger partial charge on any atom is 0.168 e. The Bertz CT molecular complexity index is 450. The fraction of sp³-hybridized carbons (Fsp3) is 0.500. The van der Waals surface area contributed by atoms with Gasteiger partial charge >= 0.3 is 0 Å². The summed E-state index contributed by atoms with van der Waals surface area (Å²) in [5.74, 6) is 0.896. The van der Waals surface area contributed by atoms with Gasteiger partial charge in [-0.05, 0) is 43.5 Å². The lowest BCUT2D eigenvalue weighted by Gasteiger charge is -2.21. The second-order valence-corrected chi connectivity index (χ2v) is 5.59. The van der Waals surface area contributed by atoms with E-state index in [1.807, 2.05) is 25.1 Å². The number of carbonyl (C=O) groups is 1. The highest BCUT2D eigenvalue weighted by Crippen LogP contribution is 2.29. The van der Waals surface area contributed by atoms with Crippen molar-refractivity contribution in [1.82, 2.24) is 0 Å². The summed E-state index contributed by atoms with van der Waals surface area (Å²) in [5, 5.41) is 0. The van der Waals surface area contributed by atoms with Gasteiger partial charge in [0.1, 0.15) is 11.4 Å². The van der Waals surface area contributed by atoms with Gasteiger partial charge in [-0.15, -0.1) is 0 Å². The molecule has 1 unspecified atom stereocenters. The summed E-state index contributed by atoms with van der Waals surface area (Å²) in [7, 11) is 1.62. The van der Waals surface area contributed by atoms with E-state index in [9.17, 15) is 4.79 Å². The first-order valence-corrected chi connectivity index (χ1v) is 6.84. The number of rotatable bonds is 4. The van der Waals surface area contributed by atoms with Gasteiger partial charge in [-0.2, -0.15) is 0 Å². The predicted molar refractivity (Wildman–Crippen MR) is 73.0 cm³/mol. The molecule has 18 heavy (non-hydrogen) atoms. The predicted octanol–water partition coefficient (Wildman–Crippen LogP) is 3.14. The maximum atomic E-state index is 12.3. The maximum absolute atomic E-state index is 12.3. The number of hydrogen-bond donors (Lipinski definition) is 0. The molecule has 0 spiro atoms. The summed E-state index contributed by atoms with van der Waals surface area (Å²) < 4.78 is 11.7. The van der Waals surface area contributed by atoms with Crippen molar-refractivity contribution < 1.29 is 14.3 Å². The van der Waals surface area contributed by atoms with Crippen LogP contribution in [0.5, 0.6) is 5.75 Å². The highest BCUT2D eigenvalue weighted by atomic mass is 79.9. The van der Waals surface area contributed by atoms with Gasteiger partial charge in [0.15, 0.2) is 5.78 Å². The summed E-state index contributed by atoms with van der Waals surface area (Å²) >= 11 is 3.47. The fourth-order valence-corrected chi connectivity index (χ4v) is 2.56. The molecule has 0 aliphatic carbocycles. The zero-order chi connectivity index (χ0) is 13.2. The van der Waals surface area contributed by atoms with Crippen molar-refractivity contribution in [3.05, 3.63) is 28.2 Å². The molecule has 4 heteroatoms. The topological polar surface area (TPSA) is 35.5 Å². The summed E-state index contributed by atoms with van der Waals surface area (Å²) in [6.45, 7) is 2.57. The van der Waals surface area contributed by atoms with Crippen LogP contribution in [0.25, 0.3) is 0 Å². The Kier molecular flexibility index (Phi) is 4.07. The van der Waals surface area contributed by atoms with E-state index in [4.69, 9.17) is 9.47 Å². The van der Waals surface area contributed by atoms with E-state index in [1.165, 1.54) is 0 Å². The lowest BCUT2D eigenvalue weighted by molar-refractivity contribution is -0.136. The normalized spacial score (nSPS) is 23.1. The van der Waals surface area contributed by atoms with Gasteiger partial charge < -0.3 is 9.47 Å². The van der Waals surface area contributed by atoms with Crippen LogP contribution in [0.2, 0.25) is 0 Å². The molecule has 1 saturated heterocycles. The van der Waals surface area contributed by atoms with Crippen molar-refractivity contribution in [2.24, 2.45) is 0 Å². The van der Waals surface area contributed by atoms with E-state index in [0.29, 0.717) is 13.0 Å². The minimum Gasteiger partial charge on any atom is -0.497 e. The second kappa shape index (κ2) is 5.41. The average molecular weight is 313 g/mol. The van der Waals surface area contributed by atoms with Crippen molar-refractivity contribution in [2.75, 3.05) is 13.7 Å².